The van der Waals surface area contributed by atoms with E-state index < -0.39 is 0 Å². The number of aromatic nitrogens is 4. The zero-order chi connectivity index (χ0) is 13.8. The molecular weight excluding hydrogens is 266 g/mol. The maximum Gasteiger partial charge on any atom is 0.277 e. The third-order valence-electron chi connectivity index (χ3n) is 2.72. The normalized spacial score (nSPS) is 10.8. The molecule has 0 atom stereocenters. The summed E-state index contributed by atoms with van der Waals surface area (Å²) in [5.74, 6) is 0.278. The third-order valence-corrected chi connectivity index (χ3v) is 3.58. The highest BCUT2D eigenvalue weighted by atomic mass is 32.2. The van der Waals surface area contributed by atoms with E-state index in [-0.39, 0.29) is 17.2 Å². The molecule has 2 aromatic rings. The summed E-state index contributed by atoms with van der Waals surface area (Å²) >= 11 is 1.21. The van der Waals surface area contributed by atoms with Gasteiger partial charge in [0.15, 0.2) is 16.3 Å². The highest BCUT2D eigenvalue weighted by molar-refractivity contribution is 7.99. The number of carbonyl (C=O) groups excluding carboxylic acids is 1. The van der Waals surface area contributed by atoms with Crippen molar-refractivity contribution >= 4 is 28.8 Å². The Morgan fingerprint density at radius 1 is 1.42 bits per heavy atom. The molecule has 2 rings (SSSR count). The Morgan fingerprint density at radius 3 is 2.84 bits per heavy atom. The van der Waals surface area contributed by atoms with E-state index in [0.717, 1.165) is 0 Å². The summed E-state index contributed by atoms with van der Waals surface area (Å²) in [6.45, 7) is 5.22. The van der Waals surface area contributed by atoms with Crippen LogP contribution in [0.15, 0.2) is 16.3 Å². The summed E-state index contributed by atoms with van der Waals surface area (Å²) in [6.07, 6.45) is 1.42. The van der Waals surface area contributed by atoms with Crippen LogP contribution < -0.4 is 5.56 Å². The number of hydrogen-bond donors (Lipinski definition) is 2. The first-order valence-corrected chi connectivity index (χ1v) is 6.98. The summed E-state index contributed by atoms with van der Waals surface area (Å²) in [4.78, 5) is 38.7. The van der Waals surface area contributed by atoms with Crippen molar-refractivity contribution < 1.29 is 4.79 Å². The number of imidazole rings is 1. The molecule has 8 heteroatoms. The fourth-order valence-corrected chi connectivity index (χ4v) is 2.45. The lowest BCUT2D eigenvalue weighted by molar-refractivity contribution is -0.127. The largest absolute Gasteiger partial charge is 0.343 e. The number of aromatic amines is 2. The van der Waals surface area contributed by atoms with Crippen LogP contribution in [0.4, 0.5) is 0 Å². The summed E-state index contributed by atoms with van der Waals surface area (Å²) in [5.41, 5.74) is 0.432. The maximum atomic E-state index is 11.8. The van der Waals surface area contributed by atoms with Crippen molar-refractivity contribution in [1.29, 1.82) is 0 Å². The first-order valence-electron chi connectivity index (χ1n) is 5.99. The minimum Gasteiger partial charge on any atom is -0.343 e. The van der Waals surface area contributed by atoms with Gasteiger partial charge in [0.25, 0.3) is 5.56 Å². The fourth-order valence-electron chi connectivity index (χ4n) is 1.69. The van der Waals surface area contributed by atoms with Gasteiger partial charge >= 0.3 is 0 Å². The van der Waals surface area contributed by atoms with Crippen LogP contribution in [0.2, 0.25) is 0 Å². The molecule has 0 unspecified atom stereocenters. The van der Waals surface area contributed by atoms with E-state index in [9.17, 15) is 9.59 Å². The molecule has 7 nitrogen and oxygen atoms in total. The number of nitrogens with zero attached hydrogens (tertiary/aromatic N) is 3. The SMILES string of the molecule is CCN(CC)C(=O)CSc1nc2nc[nH]c2c(=O)[nH]1. The van der Waals surface area contributed by atoms with Crippen molar-refractivity contribution in [2.75, 3.05) is 18.8 Å². The Kier molecular flexibility index (Phi) is 4.20. The molecule has 0 aliphatic rings. The molecule has 2 heterocycles. The van der Waals surface area contributed by atoms with Crippen molar-refractivity contribution in [3.05, 3.63) is 16.7 Å². The highest BCUT2D eigenvalue weighted by Gasteiger charge is 2.12. The summed E-state index contributed by atoms with van der Waals surface area (Å²) in [7, 11) is 0. The number of rotatable bonds is 5. The average molecular weight is 281 g/mol. The molecule has 0 aromatic carbocycles. The van der Waals surface area contributed by atoms with Gasteiger partial charge in [-0.05, 0) is 13.8 Å². The van der Waals surface area contributed by atoms with E-state index in [4.69, 9.17) is 0 Å². The van der Waals surface area contributed by atoms with Crippen molar-refractivity contribution in [3.63, 3.8) is 0 Å². The summed E-state index contributed by atoms with van der Waals surface area (Å²) in [6, 6.07) is 0. The molecule has 0 bridgehead atoms. The van der Waals surface area contributed by atoms with Gasteiger partial charge in [0.1, 0.15) is 0 Å². The standard InChI is InChI=1S/C11H15N5O2S/c1-3-16(4-2)7(17)5-19-11-14-9-8(10(18)15-11)12-6-13-9/h6H,3-5H2,1-2H3,(H2,12,13,14,15,18). The van der Waals surface area contributed by atoms with Gasteiger partial charge in [-0.2, -0.15) is 0 Å². The molecule has 0 saturated heterocycles. The summed E-state index contributed by atoms with van der Waals surface area (Å²) < 4.78 is 0. The van der Waals surface area contributed by atoms with E-state index >= 15 is 0 Å². The zero-order valence-corrected chi connectivity index (χ0v) is 11.6. The van der Waals surface area contributed by atoms with Gasteiger partial charge in [0.2, 0.25) is 5.91 Å². The molecular formula is C11H15N5O2S. The molecule has 0 aliphatic heterocycles. The Morgan fingerprint density at radius 2 is 2.16 bits per heavy atom. The molecule has 0 fully saturated rings. The number of nitrogens with one attached hydrogen (secondary N) is 2. The second-order valence-electron chi connectivity index (χ2n) is 3.83. The molecule has 102 valence electrons. The van der Waals surface area contributed by atoms with E-state index in [2.05, 4.69) is 19.9 Å². The van der Waals surface area contributed by atoms with Gasteiger partial charge in [0.05, 0.1) is 12.1 Å². The fraction of sp³-hybridized carbons (Fsp3) is 0.455. The van der Waals surface area contributed by atoms with Crippen LogP contribution in [-0.4, -0.2) is 49.6 Å². The van der Waals surface area contributed by atoms with E-state index in [1.807, 2.05) is 13.8 Å². The van der Waals surface area contributed by atoms with Crippen molar-refractivity contribution in [2.45, 2.75) is 19.0 Å². The molecule has 19 heavy (non-hydrogen) atoms. The number of hydrogen-bond acceptors (Lipinski definition) is 5. The minimum absolute atomic E-state index is 0.0276. The van der Waals surface area contributed by atoms with E-state index in [0.29, 0.717) is 29.4 Å². The number of amides is 1. The molecule has 0 spiro atoms. The molecule has 0 aliphatic carbocycles. The molecule has 2 aromatic heterocycles. The molecule has 2 N–H and O–H groups in total. The topological polar surface area (TPSA) is 94.7 Å². The van der Waals surface area contributed by atoms with Crippen LogP contribution in [0, 0.1) is 0 Å². The number of thioether (sulfide) groups is 1. The van der Waals surface area contributed by atoms with Crippen molar-refractivity contribution in [3.8, 4) is 0 Å². The van der Waals surface area contributed by atoms with Gasteiger partial charge in [-0.1, -0.05) is 11.8 Å². The van der Waals surface area contributed by atoms with E-state index in [1.54, 1.807) is 4.90 Å². The Labute approximate surface area is 113 Å². The molecule has 0 radical (unpaired) electrons. The number of H-pyrrole nitrogens is 2. The van der Waals surface area contributed by atoms with Crippen LogP contribution in [0.5, 0.6) is 0 Å². The lowest BCUT2D eigenvalue weighted by Crippen LogP contribution is -2.32. The number of fused-ring (bicyclic) bond motifs is 1. The van der Waals surface area contributed by atoms with Gasteiger partial charge in [-0.3, -0.25) is 14.6 Å². The minimum atomic E-state index is -0.278. The maximum absolute atomic E-state index is 11.8. The second kappa shape index (κ2) is 5.87. The predicted octanol–water partition coefficient (Wildman–Crippen LogP) is 0.607. The average Bonchev–Trinajstić information content (AvgIpc) is 2.86. The van der Waals surface area contributed by atoms with Crippen molar-refractivity contribution in [1.82, 2.24) is 24.8 Å². The Bertz CT molecular complexity index is 631. The van der Waals surface area contributed by atoms with Crippen LogP contribution in [0.25, 0.3) is 11.2 Å². The third kappa shape index (κ3) is 2.95. The van der Waals surface area contributed by atoms with Gasteiger partial charge < -0.3 is 9.88 Å². The predicted molar refractivity (Wildman–Crippen MR) is 73.2 cm³/mol. The smallest absolute Gasteiger partial charge is 0.277 e. The van der Waals surface area contributed by atoms with Gasteiger partial charge in [0, 0.05) is 13.1 Å². The Balaban J connectivity index is 2.09. The van der Waals surface area contributed by atoms with Crippen molar-refractivity contribution in [2.24, 2.45) is 0 Å². The zero-order valence-electron chi connectivity index (χ0n) is 10.8. The molecule has 1 amide bonds. The monoisotopic (exact) mass is 281 g/mol. The first kappa shape index (κ1) is 13.6. The lowest BCUT2D eigenvalue weighted by atomic mass is 10.5. The lowest BCUT2D eigenvalue weighted by Gasteiger charge is -2.17. The second-order valence-corrected chi connectivity index (χ2v) is 4.79. The van der Waals surface area contributed by atoms with Crippen LogP contribution >= 0.6 is 11.8 Å². The number of carbonyl (C=O) groups is 1. The van der Waals surface area contributed by atoms with Crippen LogP contribution in [0.3, 0.4) is 0 Å². The van der Waals surface area contributed by atoms with Crippen LogP contribution in [-0.2, 0) is 4.79 Å². The Hall–Kier alpha value is -1.83. The molecule has 0 saturated carbocycles. The van der Waals surface area contributed by atoms with Gasteiger partial charge in [-0.15, -0.1) is 0 Å². The highest BCUT2D eigenvalue weighted by Crippen LogP contribution is 2.13. The quantitative estimate of drug-likeness (QED) is 0.618. The van der Waals surface area contributed by atoms with Gasteiger partial charge in [-0.25, -0.2) is 9.97 Å². The summed E-state index contributed by atoms with van der Waals surface area (Å²) in [5, 5.41) is 0.408. The van der Waals surface area contributed by atoms with Crippen LogP contribution in [0.1, 0.15) is 13.8 Å². The van der Waals surface area contributed by atoms with E-state index in [1.165, 1.54) is 18.1 Å². The first-order chi connectivity index (χ1) is 9.15.